The lowest BCUT2D eigenvalue weighted by molar-refractivity contribution is 0.0570. The SMILES string of the molecule is CCOC(=O)N1CCN(C(=O)c2cnc(Nc3ccccc3CC)nc2)CC1. The molecule has 0 spiro atoms. The highest BCUT2D eigenvalue weighted by molar-refractivity contribution is 5.94. The van der Waals surface area contributed by atoms with Gasteiger partial charge in [0.05, 0.1) is 12.2 Å². The van der Waals surface area contributed by atoms with Crippen molar-refractivity contribution in [2.45, 2.75) is 20.3 Å². The van der Waals surface area contributed by atoms with Gasteiger partial charge in [-0.25, -0.2) is 14.8 Å². The third-order valence-corrected chi connectivity index (χ3v) is 4.64. The van der Waals surface area contributed by atoms with Crippen LogP contribution in [0.5, 0.6) is 0 Å². The van der Waals surface area contributed by atoms with Crippen molar-refractivity contribution >= 4 is 23.6 Å². The normalized spacial score (nSPS) is 13.9. The van der Waals surface area contributed by atoms with Gasteiger partial charge in [-0.15, -0.1) is 0 Å². The lowest BCUT2D eigenvalue weighted by atomic mass is 10.1. The summed E-state index contributed by atoms with van der Waals surface area (Å²) in [5.41, 5.74) is 2.56. The molecule has 2 amide bonds. The van der Waals surface area contributed by atoms with Gasteiger partial charge in [0.15, 0.2) is 0 Å². The van der Waals surface area contributed by atoms with Gasteiger partial charge in [-0.05, 0) is 25.0 Å². The molecule has 2 aromatic rings. The average molecular weight is 383 g/mol. The lowest BCUT2D eigenvalue weighted by Crippen LogP contribution is -2.50. The van der Waals surface area contributed by atoms with E-state index in [0.717, 1.165) is 12.1 Å². The molecule has 8 nitrogen and oxygen atoms in total. The fourth-order valence-electron chi connectivity index (χ4n) is 3.06. The molecule has 0 aliphatic carbocycles. The summed E-state index contributed by atoms with van der Waals surface area (Å²) in [5, 5.41) is 3.19. The van der Waals surface area contributed by atoms with Crippen LogP contribution in [0.25, 0.3) is 0 Å². The maximum atomic E-state index is 12.7. The highest BCUT2D eigenvalue weighted by Gasteiger charge is 2.25. The number of para-hydroxylation sites is 1. The first-order valence-electron chi connectivity index (χ1n) is 9.50. The number of carbonyl (C=O) groups excluding carboxylic acids is 2. The Labute approximate surface area is 164 Å². The van der Waals surface area contributed by atoms with Gasteiger partial charge in [0.1, 0.15) is 0 Å². The number of ether oxygens (including phenoxy) is 1. The minimum absolute atomic E-state index is 0.135. The number of carbonyl (C=O) groups is 2. The molecule has 1 aliphatic heterocycles. The fourth-order valence-corrected chi connectivity index (χ4v) is 3.06. The van der Waals surface area contributed by atoms with E-state index in [1.807, 2.05) is 18.2 Å². The molecule has 0 bridgehead atoms. The third kappa shape index (κ3) is 4.57. The van der Waals surface area contributed by atoms with Gasteiger partial charge in [0, 0.05) is 44.3 Å². The van der Waals surface area contributed by atoms with Crippen LogP contribution < -0.4 is 5.32 Å². The van der Waals surface area contributed by atoms with Gasteiger partial charge >= 0.3 is 6.09 Å². The Morgan fingerprint density at radius 3 is 2.32 bits per heavy atom. The van der Waals surface area contributed by atoms with Crippen molar-refractivity contribution in [3.63, 3.8) is 0 Å². The zero-order valence-electron chi connectivity index (χ0n) is 16.2. The second kappa shape index (κ2) is 9.16. The molecule has 1 aromatic carbocycles. The van der Waals surface area contributed by atoms with Crippen LogP contribution >= 0.6 is 0 Å². The first-order chi connectivity index (χ1) is 13.6. The van der Waals surface area contributed by atoms with Crippen LogP contribution in [0.4, 0.5) is 16.4 Å². The topological polar surface area (TPSA) is 87.7 Å². The minimum atomic E-state index is -0.333. The van der Waals surface area contributed by atoms with Gasteiger partial charge < -0.3 is 19.9 Å². The van der Waals surface area contributed by atoms with E-state index in [-0.39, 0.29) is 12.0 Å². The van der Waals surface area contributed by atoms with E-state index < -0.39 is 0 Å². The number of benzene rings is 1. The summed E-state index contributed by atoms with van der Waals surface area (Å²) >= 11 is 0. The molecule has 1 N–H and O–H groups in total. The molecule has 3 rings (SSSR count). The Hall–Kier alpha value is -3.16. The number of anilines is 2. The first kappa shape index (κ1) is 19.6. The zero-order chi connectivity index (χ0) is 19.9. The number of amides is 2. The van der Waals surface area contributed by atoms with E-state index in [1.54, 1.807) is 16.7 Å². The molecule has 0 unspecified atom stereocenters. The average Bonchev–Trinajstić information content (AvgIpc) is 2.74. The van der Waals surface area contributed by atoms with Gasteiger partial charge in [-0.2, -0.15) is 0 Å². The van der Waals surface area contributed by atoms with E-state index >= 15 is 0 Å². The monoisotopic (exact) mass is 383 g/mol. The minimum Gasteiger partial charge on any atom is -0.450 e. The highest BCUT2D eigenvalue weighted by Crippen LogP contribution is 2.19. The molecule has 0 atom stereocenters. The molecular weight excluding hydrogens is 358 g/mol. The maximum Gasteiger partial charge on any atom is 0.409 e. The van der Waals surface area contributed by atoms with Crippen molar-refractivity contribution in [3.8, 4) is 0 Å². The number of hydrogen-bond donors (Lipinski definition) is 1. The number of rotatable bonds is 5. The summed E-state index contributed by atoms with van der Waals surface area (Å²) in [5.74, 6) is 0.314. The van der Waals surface area contributed by atoms with Crippen LogP contribution in [0.1, 0.15) is 29.8 Å². The van der Waals surface area contributed by atoms with Crippen molar-refractivity contribution in [2.24, 2.45) is 0 Å². The molecule has 0 radical (unpaired) electrons. The van der Waals surface area contributed by atoms with Gasteiger partial charge in [-0.1, -0.05) is 25.1 Å². The summed E-state index contributed by atoms with van der Waals surface area (Å²) < 4.78 is 5.00. The standard InChI is InChI=1S/C20H25N5O3/c1-3-15-7-5-6-8-17(15)23-19-21-13-16(14-22-19)18(26)24-9-11-25(12-10-24)20(27)28-4-2/h5-8,13-14H,3-4,9-12H2,1-2H3,(H,21,22,23). The van der Waals surface area contributed by atoms with Gasteiger partial charge in [0.25, 0.3) is 5.91 Å². The Balaban J connectivity index is 1.59. The van der Waals surface area contributed by atoms with Crippen LogP contribution in [0.15, 0.2) is 36.7 Å². The van der Waals surface area contributed by atoms with E-state index in [9.17, 15) is 9.59 Å². The molecule has 1 saturated heterocycles. The van der Waals surface area contributed by atoms with Gasteiger partial charge in [-0.3, -0.25) is 4.79 Å². The van der Waals surface area contributed by atoms with Crippen LogP contribution in [-0.4, -0.2) is 64.6 Å². The maximum absolute atomic E-state index is 12.7. The predicted octanol–water partition coefficient (Wildman–Crippen LogP) is 2.70. The third-order valence-electron chi connectivity index (χ3n) is 4.64. The molecular formula is C20H25N5O3. The highest BCUT2D eigenvalue weighted by atomic mass is 16.6. The van der Waals surface area contributed by atoms with Crippen molar-refractivity contribution in [1.82, 2.24) is 19.8 Å². The summed E-state index contributed by atoms with van der Waals surface area (Å²) in [6.45, 7) is 6.04. The van der Waals surface area contributed by atoms with Crippen molar-refractivity contribution in [3.05, 3.63) is 47.8 Å². The summed E-state index contributed by atoms with van der Waals surface area (Å²) in [6.07, 6.45) is 3.63. The zero-order valence-corrected chi connectivity index (χ0v) is 16.2. The molecule has 28 heavy (non-hydrogen) atoms. The lowest BCUT2D eigenvalue weighted by Gasteiger charge is -2.33. The molecule has 8 heteroatoms. The first-order valence-corrected chi connectivity index (χ1v) is 9.50. The molecule has 1 fully saturated rings. The van der Waals surface area contributed by atoms with E-state index in [4.69, 9.17) is 4.74 Å². The van der Waals surface area contributed by atoms with E-state index in [1.165, 1.54) is 18.0 Å². The van der Waals surface area contributed by atoms with Crippen molar-refractivity contribution < 1.29 is 14.3 Å². The number of piperazine rings is 1. The second-order valence-electron chi connectivity index (χ2n) is 6.41. The molecule has 1 aromatic heterocycles. The van der Waals surface area contributed by atoms with Crippen molar-refractivity contribution in [2.75, 3.05) is 38.1 Å². The number of aryl methyl sites for hydroxylation is 1. The molecule has 148 valence electrons. The van der Waals surface area contributed by atoms with Crippen LogP contribution in [0.3, 0.4) is 0 Å². The number of hydrogen-bond acceptors (Lipinski definition) is 6. The number of aromatic nitrogens is 2. The van der Waals surface area contributed by atoms with Crippen molar-refractivity contribution in [1.29, 1.82) is 0 Å². The molecule has 1 aliphatic rings. The number of nitrogens with one attached hydrogen (secondary N) is 1. The van der Waals surface area contributed by atoms with Gasteiger partial charge in [0.2, 0.25) is 5.95 Å². The number of nitrogens with zero attached hydrogens (tertiary/aromatic N) is 4. The summed E-state index contributed by atoms with van der Waals surface area (Å²) in [4.78, 5) is 36.3. The molecule has 2 heterocycles. The van der Waals surface area contributed by atoms with Crippen LogP contribution in [0.2, 0.25) is 0 Å². The summed E-state index contributed by atoms with van der Waals surface area (Å²) in [7, 11) is 0. The smallest absolute Gasteiger partial charge is 0.409 e. The quantitative estimate of drug-likeness (QED) is 0.854. The van der Waals surface area contributed by atoms with E-state index in [2.05, 4.69) is 28.3 Å². The predicted molar refractivity (Wildman–Crippen MR) is 106 cm³/mol. The Kier molecular flexibility index (Phi) is 6.41. The Morgan fingerprint density at radius 2 is 1.68 bits per heavy atom. The van der Waals surface area contributed by atoms with Crippen LogP contribution in [0, 0.1) is 0 Å². The second-order valence-corrected chi connectivity index (χ2v) is 6.41. The Morgan fingerprint density at radius 1 is 1.04 bits per heavy atom. The van der Waals surface area contributed by atoms with E-state index in [0.29, 0.717) is 44.3 Å². The van der Waals surface area contributed by atoms with Crippen LogP contribution in [-0.2, 0) is 11.2 Å². The Bertz CT molecular complexity index is 817. The fraction of sp³-hybridized carbons (Fsp3) is 0.400. The summed E-state index contributed by atoms with van der Waals surface area (Å²) in [6, 6.07) is 7.98. The largest absolute Gasteiger partial charge is 0.450 e. The molecule has 0 saturated carbocycles.